The fourth-order valence-corrected chi connectivity index (χ4v) is 1.78. The van der Waals surface area contributed by atoms with Crippen LogP contribution in [0.4, 0.5) is 10.5 Å². The van der Waals surface area contributed by atoms with Crippen molar-refractivity contribution in [2.45, 2.75) is 6.92 Å². The topological polar surface area (TPSA) is 99.3 Å². The zero-order valence-corrected chi connectivity index (χ0v) is 10.8. The fraction of sp³-hybridized carbons (Fsp3) is 0.154. The molecule has 4 amide bonds. The van der Waals surface area contributed by atoms with Crippen LogP contribution in [-0.4, -0.2) is 17.8 Å². The highest BCUT2D eigenvalue weighted by atomic mass is 16.2. The van der Waals surface area contributed by atoms with Crippen molar-refractivity contribution in [2.75, 3.05) is 5.43 Å². The molecule has 1 heterocycles. The van der Waals surface area contributed by atoms with Gasteiger partial charge in [-0.05, 0) is 19.1 Å². The van der Waals surface area contributed by atoms with Crippen molar-refractivity contribution in [3.63, 3.8) is 0 Å². The van der Waals surface area contributed by atoms with Crippen molar-refractivity contribution >= 4 is 23.5 Å². The van der Waals surface area contributed by atoms with E-state index in [2.05, 4.69) is 21.5 Å². The zero-order chi connectivity index (χ0) is 14.5. The molecule has 1 saturated heterocycles. The minimum Gasteiger partial charge on any atom is -0.304 e. The number of carbonyl (C=O) groups is 3. The van der Waals surface area contributed by atoms with Crippen LogP contribution in [0.3, 0.4) is 0 Å². The summed E-state index contributed by atoms with van der Waals surface area (Å²) in [6.45, 7) is 1.69. The van der Waals surface area contributed by atoms with Crippen molar-refractivity contribution in [3.8, 4) is 0 Å². The van der Waals surface area contributed by atoms with E-state index >= 15 is 0 Å². The van der Waals surface area contributed by atoms with Crippen LogP contribution in [0.5, 0.6) is 0 Å². The van der Waals surface area contributed by atoms with Crippen molar-refractivity contribution in [1.82, 2.24) is 16.1 Å². The maximum Gasteiger partial charge on any atom is 0.328 e. The molecule has 1 aromatic carbocycles. The Morgan fingerprint density at radius 2 is 1.70 bits per heavy atom. The molecule has 7 heteroatoms. The van der Waals surface area contributed by atoms with Gasteiger partial charge in [-0.3, -0.25) is 20.2 Å². The van der Waals surface area contributed by atoms with Gasteiger partial charge in [-0.2, -0.15) is 0 Å². The summed E-state index contributed by atoms with van der Waals surface area (Å²) in [6, 6.07) is 8.41. The van der Waals surface area contributed by atoms with E-state index in [0.717, 1.165) is 5.69 Å². The molecule has 0 atom stereocenters. The van der Waals surface area contributed by atoms with Crippen LogP contribution in [0.25, 0.3) is 0 Å². The lowest BCUT2D eigenvalue weighted by molar-refractivity contribution is -0.134. The van der Waals surface area contributed by atoms with Gasteiger partial charge in [0, 0.05) is 5.70 Å². The number of anilines is 1. The first-order chi connectivity index (χ1) is 9.61. The number of nitrogens with one attached hydrogen (secondary N) is 4. The highest BCUT2D eigenvalue weighted by Crippen LogP contribution is 2.13. The standard InChI is InChI=1S/C13H14N4O3/c1-2-9(17-16-8-6-4-3-5-7-8)10-11(18)14-13(20)15-12(10)19/h2-7,10,16-17H,1H3,(H2,14,15,18,19,20)/b9-2+. The van der Waals surface area contributed by atoms with Gasteiger partial charge in [-0.1, -0.05) is 24.3 Å². The van der Waals surface area contributed by atoms with Gasteiger partial charge in [-0.25, -0.2) is 4.79 Å². The Kier molecular flexibility index (Phi) is 3.99. The molecule has 0 aliphatic carbocycles. The van der Waals surface area contributed by atoms with Crippen molar-refractivity contribution in [3.05, 3.63) is 42.1 Å². The number of amides is 4. The second-order valence-corrected chi connectivity index (χ2v) is 4.10. The average molecular weight is 274 g/mol. The van der Waals surface area contributed by atoms with Crippen LogP contribution in [-0.2, 0) is 9.59 Å². The first-order valence-electron chi connectivity index (χ1n) is 6.01. The van der Waals surface area contributed by atoms with E-state index in [0.29, 0.717) is 5.70 Å². The number of barbiturate groups is 1. The zero-order valence-electron chi connectivity index (χ0n) is 10.8. The first kappa shape index (κ1) is 13.6. The van der Waals surface area contributed by atoms with Gasteiger partial charge in [0.05, 0.1) is 5.69 Å². The Hall–Kier alpha value is -2.83. The molecule has 0 unspecified atom stereocenters. The van der Waals surface area contributed by atoms with Crippen LogP contribution in [0, 0.1) is 5.92 Å². The monoisotopic (exact) mass is 274 g/mol. The largest absolute Gasteiger partial charge is 0.328 e. The molecule has 0 saturated carbocycles. The summed E-state index contributed by atoms with van der Waals surface area (Å²) in [5, 5.41) is 4.11. The van der Waals surface area contributed by atoms with E-state index in [1.807, 2.05) is 30.3 Å². The van der Waals surface area contributed by atoms with Crippen molar-refractivity contribution < 1.29 is 14.4 Å². The number of rotatable bonds is 4. The molecule has 1 aliphatic rings. The van der Waals surface area contributed by atoms with Crippen LogP contribution in [0.15, 0.2) is 42.1 Å². The molecule has 104 valence electrons. The molecule has 1 aromatic rings. The second-order valence-electron chi connectivity index (χ2n) is 4.10. The van der Waals surface area contributed by atoms with Crippen LogP contribution >= 0.6 is 0 Å². The number of carbonyl (C=O) groups excluding carboxylic acids is 3. The summed E-state index contributed by atoms with van der Waals surface area (Å²) in [4.78, 5) is 34.5. The third-order valence-corrected chi connectivity index (χ3v) is 2.74. The predicted molar refractivity (Wildman–Crippen MR) is 72.1 cm³/mol. The SMILES string of the molecule is C/C=C(/NNc1ccccc1)C1C(=O)NC(=O)NC1=O. The molecule has 0 aromatic heterocycles. The quantitative estimate of drug-likeness (QED) is 0.473. The Morgan fingerprint density at radius 1 is 1.10 bits per heavy atom. The van der Waals surface area contributed by atoms with Gasteiger partial charge in [0.2, 0.25) is 11.8 Å². The van der Waals surface area contributed by atoms with Crippen LogP contribution < -0.4 is 21.5 Å². The minimum atomic E-state index is -1.09. The van der Waals surface area contributed by atoms with Gasteiger partial charge in [0.25, 0.3) is 0 Å². The molecule has 2 rings (SSSR count). The van der Waals surface area contributed by atoms with Gasteiger partial charge < -0.3 is 10.9 Å². The molecule has 0 radical (unpaired) electrons. The molecule has 0 spiro atoms. The molecular formula is C13H14N4O3. The summed E-state index contributed by atoms with van der Waals surface area (Å²) in [6.07, 6.45) is 1.59. The van der Waals surface area contributed by atoms with Gasteiger partial charge in [0.15, 0.2) is 5.92 Å². The maximum absolute atomic E-state index is 11.7. The number of hydrazine groups is 1. The molecule has 20 heavy (non-hydrogen) atoms. The van der Waals surface area contributed by atoms with Gasteiger partial charge >= 0.3 is 6.03 Å². The molecule has 1 fully saturated rings. The number of allylic oxidation sites excluding steroid dienone is 1. The van der Waals surface area contributed by atoms with E-state index in [1.165, 1.54) is 0 Å². The lowest BCUT2D eigenvalue weighted by Gasteiger charge is -2.24. The van der Waals surface area contributed by atoms with Gasteiger partial charge in [-0.15, -0.1) is 0 Å². The Labute approximate surface area is 115 Å². The number of para-hydroxylation sites is 1. The number of hydrogen-bond donors (Lipinski definition) is 4. The van der Waals surface area contributed by atoms with Crippen LogP contribution in [0.1, 0.15) is 6.92 Å². The normalized spacial score (nSPS) is 16.4. The van der Waals surface area contributed by atoms with E-state index in [1.54, 1.807) is 13.0 Å². The third kappa shape index (κ3) is 2.94. The lowest BCUT2D eigenvalue weighted by atomic mass is 10.0. The van der Waals surface area contributed by atoms with Gasteiger partial charge in [0.1, 0.15) is 0 Å². The third-order valence-electron chi connectivity index (χ3n) is 2.74. The molecule has 4 N–H and O–H groups in total. The molecule has 1 aliphatic heterocycles. The number of hydrogen-bond acceptors (Lipinski definition) is 5. The smallest absolute Gasteiger partial charge is 0.304 e. The summed E-state index contributed by atoms with van der Waals surface area (Å²) < 4.78 is 0. The maximum atomic E-state index is 11.7. The predicted octanol–water partition coefficient (Wildman–Crippen LogP) is 0.489. The summed E-state index contributed by atoms with van der Waals surface area (Å²) in [7, 11) is 0. The highest BCUT2D eigenvalue weighted by molar-refractivity contribution is 6.17. The Bertz CT molecular complexity index is 548. The Morgan fingerprint density at radius 3 is 2.25 bits per heavy atom. The fourth-order valence-electron chi connectivity index (χ4n) is 1.78. The molecule has 7 nitrogen and oxygen atoms in total. The summed E-state index contributed by atoms with van der Waals surface area (Å²) in [5.41, 5.74) is 6.83. The number of urea groups is 1. The van der Waals surface area contributed by atoms with E-state index < -0.39 is 23.8 Å². The number of benzene rings is 1. The second kappa shape index (κ2) is 5.87. The lowest BCUT2D eigenvalue weighted by Crippen LogP contribution is -2.57. The summed E-state index contributed by atoms with van der Waals surface area (Å²) in [5.74, 6) is -2.41. The average Bonchev–Trinajstić information content (AvgIpc) is 2.42. The Balaban J connectivity index is 2.07. The first-order valence-corrected chi connectivity index (χ1v) is 6.01. The molecule has 0 bridgehead atoms. The molecular weight excluding hydrogens is 260 g/mol. The number of imide groups is 2. The van der Waals surface area contributed by atoms with Crippen molar-refractivity contribution in [2.24, 2.45) is 5.92 Å². The van der Waals surface area contributed by atoms with E-state index in [-0.39, 0.29) is 0 Å². The van der Waals surface area contributed by atoms with E-state index in [4.69, 9.17) is 0 Å². The van der Waals surface area contributed by atoms with Crippen molar-refractivity contribution in [1.29, 1.82) is 0 Å². The highest BCUT2D eigenvalue weighted by Gasteiger charge is 2.36. The van der Waals surface area contributed by atoms with E-state index in [9.17, 15) is 14.4 Å². The minimum absolute atomic E-state index is 0.358. The summed E-state index contributed by atoms with van der Waals surface area (Å²) >= 11 is 0. The van der Waals surface area contributed by atoms with Crippen LogP contribution in [0.2, 0.25) is 0 Å².